The van der Waals surface area contributed by atoms with Crippen LogP contribution < -0.4 is 11.1 Å². The lowest BCUT2D eigenvalue weighted by molar-refractivity contribution is 0.0949. The number of hydrogen-bond donors (Lipinski definition) is 2. The summed E-state index contributed by atoms with van der Waals surface area (Å²) < 4.78 is 5.32. The first-order chi connectivity index (χ1) is 11.6. The van der Waals surface area contributed by atoms with Gasteiger partial charge in [0.2, 0.25) is 5.89 Å². The van der Waals surface area contributed by atoms with E-state index in [0.717, 1.165) is 5.56 Å². The molecule has 3 aromatic rings. The average Bonchev–Trinajstić information content (AvgIpc) is 3.07. The van der Waals surface area contributed by atoms with E-state index < -0.39 is 0 Å². The Morgan fingerprint density at radius 3 is 2.83 bits per heavy atom. The summed E-state index contributed by atoms with van der Waals surface area (Å²) in [4.78, 5) is 20.2. The van der Waals surface area contributed by atoms with Gasteiger partial charge in [0.25, 0.3) is 5.91 Å². The lowest BCUT2D eigenvalue weighted by Gasteiger charge is -2.05. The second-order valence-corrected chi connectivity index (χ2v) is 5.51. The molecule has 0 unspecified atom stereocenters. The van der Waals surface area contributed by atoms with E-state index in [1.807, 2.05) is 24.3 Å². The number of oxazole rings is 1. The summed E-state index contributed by atoms with van der Waals surface area (Å²) >= 11 is 6.08. The Morgan fingerprint density at radius 1 is 1.25 bits per heavy atom. The van der Waals surface area contributed by atoms with Crippen molar-refractivity contribution in [3.8, 4) is 11.5 Å². The number of nitrogens with one attached hydrogen (secondary N) is 1. The lowest BCUT2D eigenvalue weighted by Crippen LogP contribution is -2.26. The van der Waals surface area contributed by atoms with Crippen LogP contribution in [0.2, 0.25) is 5.02 Å². The molecule has 3 rings (SSSR count). The summed E-state index contributed by atoms with van der Waals surface area (Å²) in [6.45, 7) is 0.453. The first-order valence-corrected chi connectivity index (χ1v) is 7.70. The normalized spacial score (nSPS) is 10.5. The third kappa shape index (κ3) is 3.72. The van der Waals surface area contributed by atoms with Crippen molar-refractivity contribution in [1.82, 2.24) is 15.3 Å². The molecule has 0 radical (unpaired) electrons. The zero-order valence-electron chi connectivity index (χ0n) is 12.7. The third-order valence-electron chi connectivity index (χ3n) is 3.41. The smallest absolute Gasteiger partial charge is 0.273 e. The lowest BCUT2D eigenvalue weighted by atomic mass is 10.1. The molecule has 0 atom stereocenters. The highest BCUT2D eigenvalue weighted by Crippen LogP contribution is 2.18. The van der Waals surface area contributed by atoms with E-state index >= 15 is 0 Å². The highest BCUT2D eigenvalue weighted by Gasteiger charge is 2.13. The number of carbonyl (C=O) groups excluding carboxylic acids is 1. The second kappa shape index (κ2) is 7.14. The van der Waals surface area contributed by atoms with Crippen LogP contribution in [0.15, 0.2) is 53.3 Å². The summed E-state index contributed by atoms with van der Waals surface area (Å²) in [6, 6.07) is 10.9. The van der Waals surface area contributed by atoms with Crippen molar-refractivity contribution in [3.63, 3.8) is 0 Å². The fourth-order valence-electron chi connectivity index (χ4n) is 2.14. The molecular formula is C17H15ClN4O2. The molecule has 0 fully saturated rings. The number of nitrogen functional groups attached to an aromatic ring is 1. The first kappa shape index (κ1) is 16.0. The number of hydrogen-bond acceptors (Lipinski definition) is 5. The number of nitrogens with zero attached hydrogens (tertiary/aromatic N) is 2. The molecule has 7 heteroatoms. The van der Waals surface area contributed by atoms with Gasteiger partial charge >= 0.3 is 0 Å². The monoisotopic (exact) mass is 342 g/mol. The van der Waals surface area contributed by atoms with Crippen LogP contribution in [0.1, 0.15) is 16.1 Å². The van der Waals surface area contributed by atoms with E-state index in [4.69, 9.17) is 21.8 Å². The Bertz CT molecular complexity index is 846. The molecule has 0 spiro atoms. The van der Waals surface area contributed by atoms with Crippen molar-refractivity contribution >= 4 is 23.3 Å². The average molecular weight is 343 g/mol. The number of anilines is 1. The van der Waals surface area contributed by atoms with Gasteiger partial charge in [-0.2, -0.15) is 0 Å². The first-order valence-electron chi connectivity index (χ1n) is 7.32. The van der Waals surface area contributed by atoms with Crippen LogP contribution in [0.4, 0.5) is 5.82 Å². The van der Waals surface area contributed by atoms with Gasteiger partial charge in [0, 0.05) is 17.8 Å². The second-order valence-electron chi connectivity index (χ2n) is 5.11. The number of amides is 1. The van der Waals surface area contributed by atoms with Gasteiger partial charge in [-0.05, 0) is 30.2 Å². The molecule has 122 valence electrons. The number of nitrogens with two attached hydrogens (primary N) is 1. The van der Waals surface area contributed by atoms with Gasteiger partial charge in [-0.1, -0.05) is 29.8 Å². The number of rotatable bonds is 5. The van der Waals surface area contributed by atoms with Crippen LogP contribution in [0.3, 0.4) is 0 Å². The Balaban J connectivity index is 1.60. The minimum Gasteiger partial charge on any atom is -0.444 e. The topological polar surface area (TPSA) is 94.0 Å². The van der Waals surface area contributed by atoms with Gasteiger partial charge in [-0.15, -0.1) is 0 Å². The number of aromatic nitrogens is 2. The quantitative estimate of drug-likeness (QED) is 0.743. The number of halogens is 1. The van der Waals surface area contributed by atoms with E-state index in [2.05, 4.69) is 15.3 Å². The molecule has 0 aliphatic rings. The van der Waals surface area contributed by atoms with Crippen molar-refractivity contribution in [1.29, 1.82) is 0 Å². The van der Waals surface area contributed by atoms with Crippen LogP contribution in [0, 0.1) is 0 Å². The zero-order valence-corrected chi connectivity index (χ0v) is 13.5. The van der Waals surface area contributed by atoms with Gasteiger partial charge in [0.1, 0.15) is 12.1 Å². The molecule has 0 aliphatic carbocycles. The molecule has 1 aromatic carbocycles. The molecule has 2 heterocycles. The maximum Gasteiger partial charge on any atom is 0.273 e. The maximum absolute atomic E-state index is 12.1. The Morgan fingerprint density at radius 2 is 2.08 bits per heavy atom. The third-order valence-corrected chi connectivity index (χ3v) is 3.78. The Labute approximate surface area is 143 Å². The van der Waals surface area contributed by atoms with Crippen LogP contribution in [0.5, 0.6) is 0 Å². The summed E-state index contributed by atoms with van der Waals surface area (Å²) in [7, 11) is 0. The van der Waals surface area contributed by atoms with Crippen molar-refractivity contribution in [2.75, 3.05) is 12.3 Å². The summed E-state index contributed by atoms with van der Waals surface area (Å²) in [5, 5.41) is 3.48. The summed E-state index contributed by atoms with van der Waals surface area (Å²) in [6.07, 6.45) is 3.49. The maximum atomic E-state index is 12.1. The van der Waals surface area contributed by atoms with Gasteiger partial charge in [-0.3, -0.25) is 4.79 Å². The van der Waals surface area contributed by atoms with Crippen LogP contribution in [-0.4, -0.2) is 22.4 Å². The van der Waals surface area contributed by atoms with Crippen molar-refractivity contribution in [3.05, 3.63) is 65.1 Å². The standard InChI is InChI=1S/C17H15ClN4O2/c18-13-4-2-1-3-11(13)7-8-20-16(23)14-10-24-17(22-14)12-5-6-15(19)21-9-12/h1-6,9-10H,7-8H2,(H2,19,21)(H,20,23). The van der Waals surface area contributed by atoms with E-state index in [1.165, 1.54) is 6.26 Å². The van der Waals surface area contributed by atoms with Crippen molar-refractivity contribution in [2.24, 2.45) is 0 Å². The minimum atomic E-state index is -0.305. The molecule has 0 saturated carbocycles. The molecule has 0 bridgehead atoms. The molecule has 3 N–H and O–H groups in total. The Kier molecular flexibility index (Phi) is 4.77. The largest absolute Gasteiger partial charge is 0.444 e. The molecule has 0 saturated heterocycles. The highest BCUT2D eigenvalue weighted by molar-refractivity contribution is 6.31. The van der Waals surface area contributed by atoms with E-state index in [9.17, 15) is 4.79 Å². The zero-order chi connectivity index (χ0) is 16.9. The summed E-state index contributed by atoms with van der Waals surface area (Å²) in [5.41, 5.74) is 7.38. The van der Waals surface area contributed by atoms with Gasteiger partial charge in [0.05, 0.1) is 5.56 Å². The van der Waals surface area contributed by atoms with Crippen LogP contribution in [-0.2, 0) is 6.42 Å². The molecule has 24 heavy (non-hydrogen) atoms. The van der Waals surface area contributed by atoms with Gasteiger partial charge < -0.3 is 15.5 Å². The molecule has 6 nitrogen and oxygen atoms in total. The molecule has 1 amide bonds. The van der Waals surface area contributed by atoms with Crippen molar-refractivity contribution in [2.45, 2.75) is 6.42 Å². The predicted octanol–water partition coefficient (Wildman–Crippen LogP) is 2.94. The fraction of sp³-hybridized carbons (Fsp3) is 0.118. The molecular weight excluding hydrogens is 328 g/mol. The highest BCUT2D eigenvalue weighted by atomic mass is 35.5. The van der Waals surface area contributed by atoms with Crippen LogP contribution in [0.25, 0.3) is 11.5 Å². The Hall–Kier alpha value is -2.86. The fourth-order valence-corrected chi connectivity index (χ4v) is 2.38. The van der Waals surface area contributed by atoms with E-state index in [1.54, 1.807) is 18.3 Å². The van der Waals surface area contributed by atoms with Gasteiger partial charge in [0.15, 0.2) is 5.69 Å². The SMILES string of the molecule is Nc1ccc(-c2nc(C(=O)NCCc3ccccc3Cl)co2)cn1. The number of pyridine rings is 1. The van der Waals surface area contributed by atoms with Crippen molar-refractivity contribution < 1.29 is 9.21 Å². The van der Waals surface area contributed by atoms with Gasteiger partial charge in [-0.25, -0.2) is 9.97 Å². The van der Waals surface area contributed by atoms with E-state index in [-0.39, 0.29) is 11.6 Å². The summed E-state index contributed by atoms with van der Waals surface area (Å²) in [5.74, 6) is 0.419. The molecule has 2 aromatic heterocycles. The number of carbonyl (C=O) groups is 1. The number of benzene rings is 1. The minimum absolute atomic E-state index is 0.209. The predicted molar refractivity (Wildman–Crippen MR) is 91.6 cm³/mol. The van der Waals surface area contributed by atoms with Crippen LogP contribution >= 0.6 is 11.6 Å². The molecule has 0 aliphatic heterocycles. The van der Waals surface area contributed by atoms with E-state index in [0.29, 0.717) is 35.3 Å².